The molecular formula is C32H42N2O7. The summed E-state index contributed by atoms with van der Waals surface area (Å²) in [5.41, 5.74) is 3.78. The maximum Gasteiger partial charge on any atom is 0.335 e. The molecule has 0 saturated heterocycles. The van der Waals surface area contributed by atoms with E-state index in [2.05, 4.69) is 109 Å². The van der Waals surface area contributed by atoms with E-state index >= 15 is 0 Å². The van der Waals surface area contributed by atoms with E-state index < -0.39 is 30.3 Å². The first-order valence-corrected chi connectivity index (χ1v) is 13.6. The largest absolute Gasteiger partial charge is 0.479 e. The summed E-state index contributed by atoms with van der Waals surface area (Å²) in [5.74, 6) is -2.98. The Kier molecular flexibility index (Phi) is 14.7. The molecule has 0 fully saturated rings. The number of benzene rings is 3. The molecule has 9 heteroatoms. The second kappa shape index (κ2) is 18.0. The summed E-state index contributed by atoms with van der Waals surface area (Å²) < 4.78 is 0. The van der Waals surface area contributed by atoms with Crippen molar-refractivity contribution in [1.82, 2.24) is 10.2 Å². The Morgan fingerprint density at radius 3 is 1.41 bits per heavy atom. The van der Waals surface area contributed by atoms with Crippen LogP contribution in [-0.2, 0) is 29.1 Å². The van der Waals surface area contributed by atoms with Crippen LogP contribution in [-0.4, -0.2) is 79.8 Å². The Hall–Kier alpha value is -3.60. The van der Waals surface area contributed by atoms with Gasteiger partial charge in [0.2, 0.25) is 0 Å². The average Bonchev–Trinajstić information content (AvgIpc) is 2.96. The minimum atomic E-state index is -2.27. The van der Waals surface area contributed by atoms with Crippen molar-refractivity contribution in [2.24, 2.45) is 5.92 Å². The molecule has 41 heavy (non-hydrogen) atoms. The van der Waals surface area contributed by atoms with Gasteiger partial charge in [0, 0.05) is 25.7 Å². The lowest BCUT2D eigenvalue weighted by Gasteiger charge is -2.36. The van der Waals surface area contributed by atoms with Crippen LogP contribution >= 0.6 is 0 Å². The first-order chi connectivity index (χ1) is 19.6. The summed E-state index contributed by atoms with van der Waals surface area (Å²) in [6.07, 6.45) is -4.19. The highest BCUT2D eigenvalue weighted by atomic mass is 16.4. The van der Waals surface area contributed by atoms with E-state index in [1.807, 2.05) is 6.07 Å². The van der Waals surface area contributed by atoms with Gasteiger partial charge in [-0.2, -0.15) is 0 Å². The van der Waals surface area contributed by atoms with E-state index in [1.54, 1.807) is 0 Å². The van der Waals surface area contributed by atoms with E-state index in [0.29, 0.717) is 12.5 Å². The van der Waals surface area contributed by atoms with Gasteiger partial charge in [-0.25, -0.2) is 9.59 Å². The van der Waals surface area contributed by atoms with Gasteiger partial charge in [-0.3, -0.25) is 4.90 Å². The smallest absolute Gasteiger partial charge is 0.335 e. The quantitative estimate of drug-likeness (QED) is 0.163. The molecule has 0 aromatic heterocycles. The topological polar surface area (TPSA) is 151 Å². The Balaban J connectivity index is 0.000000503. The third kappa shape index (κ3) is 12.6. The van der Waals surface area contributed by atoms with Gasteiger partial charge in [0.1, 0.15) is 0 Å². The maximum atomic E-state index is 11.3. The third-order valence-corrected chi connectivity index (χ3v) is 6.37. The van der Waals surface area contributed by atoms with Crippen molar-refractivity contribution >= 4 is 11.9 Å². The number of carboxylic acids is 2. The molecule has 4 atom stereocenters. The van der Waals surface area contributed by atoms with E-state index in [1.165, 1.54) is 16.7 Å². The second-order valence-electron chi connectivity index (χ2n) is 10.3. The highest BCUT2D eigenvalue weighted by Gasteiger charge is 2.29. The molecule has 0 amide bonds. The van der Waals surface area contributed by atoms with Gasteiger partial charge >= 0.3 is 11.9 Å². The van der Waals surface area contributed by atoms with Crippen molar-refractivity contribution in [1.29, 1.82) is 0 Å². The molecule has 0 saturated carbocycles. The zero-order valence-electron chi connectivity index (χ0n) is 23.6. The minimum Gasteiger partial charge on any atom is -0.479 e. The number of carboxylic acid groups (broad SMARTS) is 2. The highest BCUT2D eigenvalue weighted by molar-refractivity contribution is 5.83. The zero-order chi connectivity index (χ0) is 30.2. The molecule has 0 aliphatic rings. The number of aliphatic hydroxyl groups excluding tert-OH is 3. The van der Waals surface area contributed by atoms with E-state index in [-0.39, 0.29) is 6.04 Å². The van der Waals surface area contributed by atoms with Gasteiger partial charge in [0.05, 0.1) is 6.10 Å². The Bertz CT molecular complexity index is 1090. The van der Waals surface area contributed by atoms with Crippen molar-refractivity contribution in [3.63, 3.8) is 0 Å². The van der Waals surface area contributed by atoms with Crippen LogP contribution in [0.1, 0.15) is 30.5 Å². The summed E-state index contributed by atoms with van der Waals surface area (Å²) >= 11 is 0. The predicted octanol–water partition coefficient (Wildman–Crippen LogP) is 2.78. The van der Waals surface area contributed by atoms with Crippen molar-refractivity contribution in [3.05, 3.63) is 108 Å². The summed E-state index contributed by atoms with van der Waals surface area (Å²) in [6.45, 7) is 7.49. The molecule has 3 aromatic rings. The highest BCUT2D eigenvalue weighted by Crippen LogP contribution is 2.19. The van der Waals surface area contributed by atoms with Crippen LogP contribution in [0, 0.1) is 5.92 Å². The van der Waals surface area contributed by atoms with Crippen LogP contribution in [0.15, 0.2) is 91.0 Å². The van der Waals surface area contributed by atoms with Crippen LogP contribution in [0.5, 0.6) is 0 Å². The molecule has 0 aliphatic carbocycles. The summed E-state index contributed by atoms with van der Waals surface area (Å²) in [5, 5.41) is 47.3. The number of nitrogens with one attached hydrogen (secondary N) is 1. The van der Waals surface area contributed by atoms with Crippen LogP contribution in [0.2, 0.25) is 0 Å². The third-order valence-electron chi connectivity index (χ3n) is 6.37. The van der Waals surface area contributed by atoms with Gasteiger partial charge in [-0.1, -0.05) is 105 Å². The average molecular weight is 567 g/mol. The lowest BCUT2D eigenvalue weighted by molar-refractivity contribution is -0.165. The predicted molar refractivity (Wildman–Crippen MR) is 157 cm³/mol. The number of carbonyl (C=O) groups is 2. The molecule has 222 valence electrons. The minimum absolute atomic E-state index is 0.00229. The summed E-state index contributed by atoms with van der Waals surface area (Å²) in [4.78, 5) is 22.0. The van der Waals surface area contributed by atoms with E-state index in [0.717, 1.165) is 26.1 Å². The van der Waals surface area contributed by atoms with E-state index in [4.69, 9.17) is 20.4 Å². The van der Waals surface area contributed by atoms with Crippen LogP contribution in [0.25, 0.3) is 0 Å². The van der Waals surface area contributed by atoms with Gasteiger partial charge in [0.15, 0.2) is 12.2 Å². The van der Waals surface area contributed by atoms with Crippen molar-refractivity contribution < 1.29 is 35.1 Å². The second-order valence-corrected chi connectivity index (χ2v) is 10.3. The summed E-state index contributed by atoms with van der Waals surface area (Å²) in [6, 6.07) is 31.6. The van der Waals surface area contributed by atoms with Crippen LogP contribution in [0.3, 0.4) is 0 Å². The van der Waals surface area contributed by atoms with E-state index in [9.17, 15) is 14.7 Å². The molecular weight excluding hydrogens is 524 g/mol. The fourth-order valence-electron chi connectivity index (χ4n) is 4.22. The standard InChI is InChI=1S/C28H36N2O.C4H6O6/c1-23(2)19-29-20-28(31)27(18-24-12-6-3-7-13-24)30(21-25-14-8-4-9-15-25)22-26-16-10-5-11-17-26;5-1(3(7)8)2(6)4(9)10/h3-17,23,27-29,31H,18-22H2,1-2H3;1-2,5-6H,(H,7,8)(H,9,10)/t27-,28+;/m0./s1. The van der Waals surface area contributed by atoms with Gasteiger partial charge in [-0.05, 0) is 35.6 Å². The molecule has 3 rings (SSSR count). The molecule has 0 aliphatic heterocycles. The van der Waals surface area contributed by atoms with Crippen LogP contribution < -0.4 is 5.32 Å². The SMILES string of the molecule is CC(C)CNC[C@@H](O)[C@H](Cc1ccccc1)N(Cc1ccccc1)Cc1ccccc1.O=C(O)C(O)C(O)C(=O)O. The maximum absolute atomic E-state index is 11.3. The molecule has 3 aromatic carbocycles. The number of nitrogens with zero attached hydrogens (tertiary/aromatic N) is 1. The Morgan fingerprint density at radius 2 is 1.05 bits per heavy atom. The molecule has 2 unspecified atom stereocenters. The lowest BCUT2D eigenvalue weighted by Crippen LogP contribution is -2.48. The number of hydrogen-bond donors (Lipinski definition) is 6. The zero-order valence-corrected chi connectivity index (χ0v) is 23.6. The molecule has 0 bridgehead atoms. The Morgan fingerprint density at radius 1 is 0.659 bits per heavy atom. The summed E-state index contributed by atoms with van der Waals surface area (Å²) in [7, 11) is 0. The number of aliphatic carboxylic acids is 2. The Labute approximate surface area is 241 Å². The monoisotopic (exact) mass is 566 g/mol. The lowest BCUT2D eigenvalue weighted by atomic mass is 9.97. The molecule has 0 spiro atoms. The fraction of sp³-hybridized carbons (Fsp3) is 0.375. The molecule has 9 nitrogen and oxygen atoms in total. The number of aliphatic hydroxyl groups is 3. The number of hydrogen-bond acceptors (Lipinski definition) is 7. The number of rotatable bonds is 15. The molecule has 0 heterocycles. The fourth-order valence-corrected chi connectivity index (χ4v) is 4.22. The van der Waals surface area contributed by atoms with Crippen molar-refractivity contribution in [2.75, 3.05) is 13.1 Å². The van der Waals surface area contributed by atoms with Gasteiger partial charge in [-0.15, -0.1) is 0 Å². The van der Waals surface area contributed by atoms with Crippen molar-refractivity contribution in [2.45, 2.75) is 57.7 Å². The van der Waals surface area contributed by atoms with Crippen LogP contribution in [0.4, 0.5) is 0 Å². The first-order valence-electron chi connectivity index (χ1n) is 13.6. The van der Waals surface area contributed by atoms with Gasteiger partial charge in [0.25, 0.3) is 0 Å². The molecule has 6 N–H and O–H groups in total. The normalized spacial score (nSPS) is 14.0. The van der Waals surface area contributed by atoms with Crippen molar-refractivity contribution in [3.8, 4) is 0 Å². The van der Waals surface area contributed by atoms with Gasteiger partial charge < -0.3 is 30.8 Å². The first kappa shape index (κ1) is 33.6. The molecule has 0 radical (unpaired) electrons.